The monoisotopic (exact) mass is 330 g/mol. The van der Waals surface area contributed by atoms with Crippen LogP contribution < -0.4 is 5.32 Å². The maximum Gasteiger partial charge on any atom is 0.416 e. The molecule has 1 saturated heterocycles. The molecule has 2 amide bonds. The first-order valence-electron chi connectivity index (χ1n) is 7.13. The van der Waals surface area contributed by atoms with Gasteiger partial charge in [0, 0.05) is 18.8 Å². The summed E-state index contributed by atoms with van der Waals surface area (Å²) in [6.45, 7) is 2.25. The van der Waals surface area contributed by atoms with Crippen molar-refractivity contribution in [2.24, 2.45) is 11.8 Å². The number of nitrogens with zero attached hydrogens (tertiary/aromatic N) is 1. The number of hydrogen-bond acceptors (Lipinski definition) is 2. The highest BCUT2D eigenvalue weighted by molar-refractivity contribution is 5.90. The molecule has 1 aliphatic heterocycles. The van der Waals surface area contributed by atoms with Crippen LogP contribution in [0.15, 0.2) is 24.3 Å². The molecule has 8 heteroatoms. The number of carbonyl (C=O) groups excluding carboxylic acids is 1. The smallest absolute Gasteiger partial charge is 0.416 e. The lowest BCUT2D eigenvalue weighted by molar-refractivity contribution is -0.143. The van der Waals surface area contributed by atoms with E-state index in [1.54, 1.807) is 0 Å². The quantitative estimate of drug-likeness (QED) is 0.874. The van der Waals surface area contributed by atoms with E-state index in [4.69, 9.17) is 5.11 Å². The molecule has 1 aromatic carbocycles. The lowest BCUT2D eigenvalue weighted by atomic mass is 9.91. The fraction of sp³-hybridized carbons (Fsp3) is 0.467. The predicted molar refractivity (Wildman–Crippen MR) is 76.9 cm³/mol. The van der Waals surface area contributed by atoms with Crippen molar-refractivity contribution in [3.05, 3.63) is 29.8 Å². The zero-order valence-corrected chi connectivity index (χ0v) is 12.4. The molecule has 0 spiro atoms. The molecule has 0 aromatic heterocycles. The molecule has 1 fully saturated rings. The fourth-order valence-electron chi connectivity index (χ4n) is 2.67. The second-order valence-electron chi connectivity index (χ2n) is 5.79. The summed E-state index contributed by atoms with van der Waals surface area (Å²) in [5.74, 6) is -1.63. The van der Waals surface area contributed by atoms with Crippen LogP contribution in [0.25, 0.3) is 0 Å². The molecule has 126 valence electrons. The van der Waals surface area contributed by atoms with Crippen molar-refractivity contribution in [1.29, 1.82) is 0 Å². The van der Waals surface area contributed by atoms with Gasteiger partial charge < -0.3 is 15.3 Å². The van der Waals surface area contributed by atoms with Gasteiger partial charge in [-0.2, -0.15) is 13.2 Å². The Hall–Kier alpha value is -2.25. The summed E-state index contributed by atoms with van der Waals surface area (Å²) in [4.78, 5) is 24.6. The zero-order valence-electron chi connectivity index (χ0n) is 12.4. The number of aliphatic carboxylic acids is 1. The van der Waals surface area contributed by atoms with E-state index in [0.717, 1.165) is 12.1 Å². The van der Waals surface area contributed by atoms with Crippen molar-refractivity contribution < 1.29 is 27.9 Å². The number of anilines is 1. The minimum Gasteiger partial charge on any atom is -0.481 e. The number of benzene rings is 1. The molecule has 23 heavy (non-hydrogen) atoms. The Bertz CT molecular complexity index is 604. The zero-order chi connectivity index (χ0) is 17.2. The summed E-state index contributed by atoms with van der Waals surface area (Å²) in [6, 6.07) is 3.73. The van der Waals surface area contributed by atoms with E-state index in [9.17, 15) is 22.8 Å². The Labute approximate surface area is 131 Å². The second-order valence-corrected chi connectivity index (χ2v) is 5.79. The first-order valence-corrected chi connectivity index (χ1v) is 7.13. The third-order valence-corrected chi connectivity index (χ3v) is 3.74. The van der Waals surface area contributed by atoms with Gasteiger partial charge in [-0.3, -0.25) is 4.79 Å². The van der Waals surface area contributed by atoms with Crippen molar-refractivity contribution >= 4 is 17.7 Å². The molecular weight excluding hydrogens is 313 g/mol. The molecule has 1 heterocycles. The highest BCUT2D eigenvalue weighted by Gasteiger charge is 2.33. The van der Waals surface area contributed by atoms with Crippen molar-refractivity contribution in [2.75, 3.05) is 18.4 Å². The summed E-state index contributed by atoms with van der Waals surface area (Å²) in [7, 11) is 0. The van der Waals surface area contributed by atoms with Crippen molar-refractivity contribution in [3.8, 4) is 0 Å². The van der Waals surface area contributed by atoms with E-state index < -0.39 is 29.7 Å². The number of halogens is 3. The highest BCUT2D eigenvalue weighted by atomic mass is 19.4. The van der Waals surface area contributed by atoms with E-state index in [1.165, 1.54) is 17.0 Å². The molecule has 2 rings (SSSR count). The number of carboxylic acids is 1. The number of hydrogen-bond donors (Lipinski definition) is 2. The van der Waals surface area contributed by atoms with Crippen LogP contribution in [0.3, 0.4) is 0 Å². The van der Waals surface area contributed by atoms with E-state index in [1.807, 2.05) is 6.92 Å². The molecule has 0 saturated carbocycles. The fourth-order valence-corrected chi connectivity index (χ4v) is 2.67. The number of rotatable bonds is 2. The lowest BCUT2D eigenvalue weighted by Crippen LogP contribution is -2.47. The van der Waals surface area contributed by atoms with Crippen molar-refractivity contribution in [3.63, 3.8) is 0 Å². The van der Waals surface area contributed by atoms with Gasteiger partial charge in [-0.25, -0.2) is 4.79 Å². The maximum absolute atomic E-state index is 12.7. The predicted octanol–water partition coefficient (Wildman–Crippen LogP) is 3.28. The molecule has 1 aliphatic rings. The Balaban J connectivity index is 2.08. The standard InChI is InChI=1S/C15H17F3N2O3/c1-9-5-10(13(21)22)8-20(7-9)14(23)19-12-4-2-3-11(6-12)15(16,17)18/h2-4,6,9-10H,5,7-8H2,1H3,(H,19,23)(H,21,22). The summed E-state index contributed by atoms with van der Waals surface area (Å²) in [5, 5.41) is 11.5. The van der Waals surface area contributed by atoms with Gasteiger partial charge in [0.25, 0.3) is 0 Å². The van der Waals surface area contributed by atoms with Gasteiger partial charge >= 0.3 is 18.2 Å². The van der Waals surface area contributed by atoms with Gasteiger partial charge in [0.1, 0.15) is 0 Å². The van der Waals surface area contributed by atoms with Crippen molar-refractivity contribution in [2.45, 2.75) is 19.5 Å². The average Bonchev–Trinajstić information content (AvgIpc) is 2.46. The molecule has 0 aliphatic carbocycles. The number of likely N-dealkylation sites (tertiary alicyclic amines) is 1. The molecule has 1 aromatic rings. The van der Waals surface area contributed by atoms with E-state index in [-0.39, 0.29) is 18.2 Å². The number of nitrogens with one attached hydrogen (secondary N) is 1. The van der Waals surface area contributed by atoms with Gasteiger partial charge in [0.15, 0.2) is 0 Å². The number of alkyl halides is 3. The van der Waals surface area contributed by atoms with E-state index in [0.29, 0.717) is 13.0 Å². The number of piperidine rings is 1. The van der Waals surface area contributed by atoms with E-state index >= 15 is 0 Å². The van der Waals surface area contributed by atoms with Crippen molar-refractivity contribution in [1.82, 2.24) is 4.90 Å². The topological polar surface area (TPSA) is 69.6 Å². The molecule has 5 nitrogen and oxygen atoms in total. The Morgan fingerprint density at radius 3 is 2.61 bits per heavy atom. The van der Waals surface area contributed by atoms with Crippen LogP contribution in [0.1, 0.15) is 18.9 Å². The van der Waals surface area contributed by atoms with Gasteiger partial charge in [0.2, 0.25) is 0 Å². The lowest BCUT2D eigenvalue weighted by Gasteiger charge is -2.34. The first kappa shape index (κ1) is 17.1. The Morgan fingerprint density at radius 2 is 2.00 bits per heavy atom. The van der Waals surface area contributed by atoms with E-state index in [2.05, 4.69) is 5.32 Å². The minimum absolute atomic E-state index is 0.0112. The molecular formula is C15H17F3N2O3. The summed E-state index contributed by atoms with van der Waals surface area (Å²) in [6.07, 6.45) is -4.02. The molecule has 2 atom stereocenters. The SMILES string of the molecule is CC1CC(C(=O)O)CN(C(=O)Nc2cccc(C(F)(F)F)c2)C1. The van der Waals surface area contributed by atoms with Gasteiger partial charge in [0.05, 0.1) is 11.5 Å². The molecule has 0 bridgehead atoms. The Kier molecular flexibility index (Phi) is 4.82. The molecule has 0 radical (unpaired) electrons. The number of urea groups is 1. The van der Waals surface area contributed by atoms with Gasteiger partial charge in [-0.05, 0) is 30.5 Å². The van der Waals surface area contributed by atoms with Crippen LogP contribution in [0.4, 0.5) is 23.7 Å². The number of amides is 2. The minimum atomic E-state index is -4.49. The van der Waals surface area contributed by atoms with Crippen LogP contribution in [-0.4, -0.2) is 35.1 Å². The average molecular weight is 330 g/mol. The molecule has 2 N–H and O–H groups in total. The largest absolute Gasteiger partial charge is 0.481 e. The van der Waals surface area contributed by atoms with Gasteiger partial charge in [-0.1, -0.05) is 13.0 Å². The van der Waals surface area contributed by atoms with Crippen LogP contribution in [0, 0.1) is 11.8 Å². The maximum atomic E-state index is 12.7. The normalized spacial score (nSPS) is 21.8. The second kappa shape index (κ2) is 6.47. The first-order chi connectivity index (χ1) is 10.7. The molecule has 2 unspecified atom stereocenters. The summed E-state index contributed by atoms with van der Waals surface area (Å²) < 4.78 is 38.0. The number of carbonyl (C=O) groups is 2. The summed E-state index contributed by atoms with van der Waals surface area (Å²) >= 11 is 0. The van der Waals surface area contributed by atoms with Gasteiger partial charge in [-0.15, -0.1) is 0 Å². The van der Waals surface area contributed by atoms with Crippen LogP contribution in [0.5, 0.6) is 0 Å². The van der Waals surface area contributed by atoms with Crippen LogP contribution in [0.2, 0.25) is 0 Å². The van der Waals surface area contributed by atoms with Crippen LogP contribution in [-0.2, 0) is 11.0 Å². The Morgan fingerprint density at radius 1 is 1.30 bits per heavy atom. The van der Waals surface area contributed by atoms with Crippen LogP contribution >= 0.6 is 0 Å². The number of carboxylic acid groups (broad SMARTS) is 1. The third-order valence-electron chi connectivity index (χ3n) is 3.74. The highest BCUT2D eigenvalue weighted by Crippen LogP contribution is 2.31. The third kappa shape index (κ3) is 4.37. The summed E-state index contributed by atoms with van der Waals surface area (Å²) in [5.41, 5.74) is -0.833.